The van der Waals surface area contributed by atoms with Crippen LogP contribution in [-0.2, 0) is 4.84 Å². The summed E-state index contributed by atoms with van der Waals surface area (Å²) in [5.41, 5.74) is 2.40. The summed E-state index contributed by atoms with van der Waals surface area (Å²) in [5, 5.41) is 3.76. The molecule has 8 heavy (non-hydrogen) atoms. The van der Waals surface area contributed by atoms with E-state index in [1.807, 2.05) is 12.2 Å². The van der Waals surface area contributed by atoms with Gasteiger partial charge in [-0.25, -0.2) is 0 Å². The van der Waals surface area contributed by atoms with E-state index in [2.05, 4.69) is 5.16 Å². The van der Waals surface area contributed by atoms with Crippen molar-refractivity contribution in [3.63, 3.8) is 0 Å². The van der Waals surface area contributed by atoms with Gasteiger partial charge in [-0.05, 0) is 11.6 Å². The second kappa shape index (κ2) is 1.22. The standard InChI is InChI=1S/C6H5NO/c1-2-5-4-6(5)7-8-3-1/h1-3H,4H2. The molecule has 0 radical (unpaired) electrons. The number of allylic oxidation sites excluding steroid dienone is 3. The van der Waals surface area contributed by atoms with Crippen molar-refractivity contribution in [1.82, 2.24) is 0 Å². The van der Waals surface area contributed by atoms with E-state index in [0.29, 0.717) is 0 Å². The van der Waals surface area contributed by atoms with E-state index in [9.17, 15) is 0 Å². The van der Waals surface area contributed by atoms with Gasteiger partial charge >= 0.3 is 0 Å². The first kappa shape index (κ1) is 3.89. The van der Waals surface area contributed by atoms with E-state index >= 15 is 0 Å². The number of hydrogen-bond acceptors (Lipinski definition) is 2. The zero-order valence-electron chi connectivity index (χ0n) is 4.29. The summed E-state index contributed by atoms with van der Waals surface area (Å²) >= 11 is 0. The van der Waals surface area contributed by atoms with Gasteiger partial charge in [-0.15, -0.1) is 0 Å². The third kappa shape index (κ3) is 0.461. The van der Waals surface area contributed by atoms with Gasteiger partial charge < -0.3 is 4.84 Å². The second-order valence-electron chi connectivity index (χ2n) is 1.84. The van der Waals surface area contributed by atoms with Crippen LogP contribution in [0.15, 0.2) is 29.1 Å². The molecule has 0 aromatic heterocycles. The van der Waals surface area contributed by atoms with Gasteiger partial charge in [0.05, 0.1) is 5.71 Å². The third-order valence-electron chi connectivity index (χ3n) is 1.20. The fourth-order valence-electron chi connectivity index (χ4n) is 0.667. The minimum Gasteiger partial charge on any atom is -0.365 e. The molecule has 2 nitrogen and oxygen atoms in total. The smallest absolute Gasteiger partial charge is 0.122 e. The van der Waals surface area contributed by atoms with E-state index in [-0.39, 0.29) is 0 Å². The molecule has 0 aromatic rings. The second-order valence-corrected chi connectivity index (χ2v) is 1.84. The molecule has 2 rings (SSSR count). The van der Waals surface area contributed by atoms with E-state index in [4.69, 9.17) is 4.84 Å². The predicted octanol–water partition coefficient (Wildman–Crippen LogP) is 1.22. The average molecular weight is 107 g/mol. The van der Waals surface area contributed by atoms with Crippen LogP contribution in [0.5, 0.6) is 0 Å². The molecule has 0 N–H and O–H groups in total. The Labute approximate surface area is 47.1 Å². The molecule has 0 aromatic carbocycles. The van der Waals surface area contributed by atoms with E-state index in [1.165, 1.54) is 5.57 Å². The van der Waals surface area contributed by atoms with Gasteiger partial charge in [0.25, 0.3) is 0 Å². The fraction of sp³-hybridized carbons (Fsp3) is 0.167. The van der Waals surface area contributed by atoms with Crippen LogP contribution < -0.4 is 0 Å². The summed E-state index contributed by atoms with van der Waals surface area (Å²) in [5.74, 6) is 0. The van der Waals surface area contributed by atoms with Crippen molar-refractivity contribution in [2.24, 2.45) is 5.16 Å². The van der Waals surface area contributed by atoms with Crippen molar-refractivity contribution in [2.75, 3.05) is 0 Å². The lowest BCUT2D eigenvalue weighted by Crippen LogP contribution is -1.65. The van der Waals surface area contributed by atoms with Gasteiger partial charge in [-0.2, -0.15) is 0 Å². The van der Waals surface area contributed by atoms with Crippen molar-refractivity contribution in [2.45, 2.75) is 6.42 Å². The number of oxime groups is 1. The Morgan fingerprint density at radius 1 is 1.62 bits per heavy atom. The SMILES string of the molecule is C1=CON=C2CC2=C1. The Balaban J connectivity index is 2.39. The molecule has 1 fully saturated rings. The molecule has 40 valence electrons. The molecule has 1 aliphatic heterocycles. The van der Waals surface area contributed by atoms with Crippen molar-refractivity contribution >= 4 is 5.71 Å². The number of hydrogen-bond donors (Lipinski definition) is 0. The summed E-state index contributed by atoms with van der Waals surface area (Å²) in [7, 11) is 0. The molecule has 2 aliphatic rings. The monoisotopic (exact) mass is 107 g/mol. The average Bonchev–Trinajstić information content (AvgIpc) is 2.36. The maximum Gasteiger partial charge on any atom is 0.122 e. The molecular formula is C6H5NO. The number of fused-ring (bicyclic) bond motifs is 1. The number of rotatable bonds is 0. The maximum absolute atomic E-state index is 4.70. The fourth-order valence-corrected chi connectivity index (χ4v) is 0.667. The van der Waals surface area contributed by atoms with Crippen LogP contribution in [0.4, 0.5) is 0 Å². The van der Waals surface area contributed by atoms with Crippen molar-refractivity contribution in [3.05, 3.63) is 24.0 Å². The van der Waals surface area contributed by atoms with Gasteiger partial charge in [0.2, 0.25) is 0 Å². The largest absolute Gasteiger partial charge is 0.365 e. The Morgan fingerprint density at radius 3 is 3.62 bits per heavy atom. The Bertz CT molecular complexity index is 201. The topological polar surface area (TPSA) is 21.6 Å². The lowest BCUT2D eigenvalue weighted by atomic mass is 10.5. The van der Waals surface area contributed by atoms with Gasteiger partial charge in [0.1, 0.15) is 6.26 Å². The molecule has 1 heterocycles. The minimum atomic E-state index is 1.02. The summed E-state index contributed by atoms with van der Waals surface area (Å²) in [6.45, 7) is 0. The maximum atomic E-state index is 4.70. The molecule has 0 saturated heterocycles. The normalized spacial score (nSPS) is 22.0. The van der Waals surface area contributed by atoms with Crippen molar-refractivity contribution in [1.29, 1.82) is 0 Å². The van der Waals surface area contributed by atoms with E-state index in [0.717, 1.165) is 12.1 Å². The molecule has 1 aliphatic carbocycles. The third-order valence-corrected chi connectivity index (χ3v) is 1.20. The molecule has 0 unspecified atom stereocenters. The van der Waals surface area contributed by atoms with Crippen LogP contribution >= 0.6 is 0 Å². The Kier molecular flexibility index (Phi) is 0.592. The van der Waals surface area contributed by atoms with Gasteiger partial charge in [-0.3, -0.25) is 0 Å². The lowest BCUT2D eigenvalue weighted by molar-refractivity contribution is 0.270. The first-order chi connectivity index (χ1) is 3.97. The molecule has 1 saturated carbocycles. The summed E-state index contributed by atoms with van der Waals surface area (Å²) < 4.78 is 0. The van der Waals surface area contributed by atoms with Crippen LogP contribution in [-0.4, -0.2) is 5.71 Å². The zero-order valence-corrected chi connectivity index (χ0v) is 4.29. The van der Waals surface area contributed by atoms with Crippen LogP contribution in [0.3, 0.4) is 0 Å². The summed E-state index contributed by atoms with van der Waals surface area (Å²) in [4.78, 5) is 4.70. The number of nitrogens with zero attached hydrogens (tertiary/aromatic N) is 1. The quantitative estimate of drug-likeness (QED) is 0.456. The molecule has 0 amide bonds. The van der Waals surface area contributed by atoms with E-state index < -0.39 is 0 Å². The molecule has 0 bridgehead atoms. The molecule has 0 atom stereocenters. The lowest BCUT2D eigenvalue weighted by Gasteiger charge is -1.79. The van der Waals surface area contributed by atoms with Gasteiger partial charge in [0, 0.05) is 6.42 Å². The van der Waals surface area contributed by atoms with Crippen LogP contribution in [0, 0.1) is 0 Å². The predicted molar refractivity (Wildman–Crippen MR) is 30.4 cm³/mol. The van der Waals surface area contributed by atoms with Crippen LogP contribution in [0.1, 0.15) is 6.42 Å². The van der Waals surface area contributed by atoms with Gasteiger partial charge in [0.15, 0.2) is 0 Å². The minimum absolute atomic E-state index is 1.02. The Morgan fingerprint density at radius 2 is 2.62 bits per heavy atom. The summed E-state index contributed by atoms with van der Waals surface area (Å²) in [6, 6.07) is 0. The highest BCUT2D eigenvalue weighted by atomic mass is 16.6. The van der Waals surface area contributed by atoms with Crippen LogP contribution in [0.2, 0.25) is 0 Å². The summed E-state index contributed by atoms with van der Waals surface area (Å²) in [6.07, 6.45) is 6.47. The Hall–Kier alpha value is -1.05. The first-order valence-electron chi connectivity index (χ1n) is 2.55. The molecule has 2 heteroatoms. The van der Waals surface area contributed by atoms with Gasteiger partial charge in [-0.1, -0.05) is 11.2 Å². The highest BCUT2D eigenvalue weighted by Crippen LogP contribution is 2.26. The van der Waals surface area contributed by atoms with E-state index in [1.54, 1.807) is 6.26 Å². The molecular weight excluding hydrogens is 102 g/mol. The van der Waals surface area contributed by atoms with Crippen molar-refractivity contribution in [3.8, 4) is 0 Å². The van der Waals surface area contributed by atoms with Crippen molar-refractivity contribution < 1.29 is 4.84 Å². The van der Waals surface area contributed by atoms with Crippen LogP contribution in [0.25, 0.3) is 0 Å². The zero-order chi connectivity index (χ0) is 5.40. The first-order valence-corrected chi connectivity index (χ1v) is 2.55. The highest BCUT2D eigenvalue weighted by molar-refractivity contribution is 6.17. The highest BCUT2D eigenvalue weighted by Gasteiger charge is 2.23. The molecule has 0 spiro atoms.